The Balaban J connectivity index is 1.79. The van der Waals surface area contributed by atoms with E-state index in [1.165, 1.54) is 44.9 Å². The van der Waals surface area contributed by atoms with E-state index in [9.17, 15) is 4.79 Å². The van der Waals surface area contributed by atoms with Gasteiger partial charge in [0.2, 0.25) is 0 Å². The van der Waals surface area contributed by atoms with Gasteiger partial charge in [-0.25, -0.2) is 0 Å². The lowest BCUT2D eigenvalue weighted by atomic mass is 9.64. The zero-order chi connectivity index (χ0) is 12.3. The van der Waals surface area contributed by atoms with Gasteiger partial charge in [-0.3, -0.25) is 4.79 Å². The van der Waals surface area contributed by atoms with Crippen LogP contribution in [-0.4, -0.2) is 23.2 Å². The molecule has 0 aromatic carbocycles. The van der Waals surface area contributed by atoms with Crippen LogP contribution in [0.1, 0.15) is 64.7 Å². The van der Waals surface area contributed by atoms with E-state index in [1.54, 1.807) is 6.92 Å². The van der Waals surface area contributed by atoms with Crippen molar-refractivity contribution in [3.8, 4) is 0 Å². The van der Waals surface area contributed by atoms with Crippen LogP contribution in [0, 0.1) is 5.41 Å². The van der Waals surface area contributed by atoms with Crippen LogP contribution in [0.25, 0.3) is 0 Å². The normalized spacial score (nSPS) is 26.9. The highest BCUT2D eigenvalue weighted by molar-refractivity contribution is 5.72. The summed E-state index contributed by atoms with van der Waals surface area (Å²) in [6.07, 6.45) is 12.0. The van der Waals surface area contributed by atoms with Crippen molar-refractivity contribution < 1.29 is 9.90 Å². The van der Waals surface area contributed by atoms with Crippen LogP contribution in [0.15, 0.2) is 0 Å². The lowest BCUT2D eigenvalue weighted by Gasteiger charge is -2.43. The first-order valence-corrected chi connectivity index (χ1v) is 7.10. The smallest absolute Gasteiger partial charge is 0.320 e. The third kappa shape index (κ3) is 3.21. The fourth-order valence-corrected chi connectivity index (χ4v) is 3.62. The Labute approximate surface area is 104 Å². The largest absolute Gasteiger partial charge is 0.480 e. The molecule has 1 spiro atoms. The van der Waals surface area contributed by atoms with Crippen molar-refractivity contribution in [3.05, 3.63) is 0 Å². The molecule has 0 saturated heterocycles. The summed E-state index contributed by atoms with van der Waals surface area (Å²) in [5.41, 5.74) is 0.628. The van der Waals surface area contributed by atoms with Gasteiger partial charge in [-0.2, -0.15) is 0 Å². The molecule has 1 atom stereocenters. The van der Waals surface area contributed by atoms with Gasteiger partial charge in [0.05, 0.1) is 0 Å². The van der Waals surface area contributed by atoms with Crippen LogP contribution in [0.5, 0.6) is 0 Å². The Morgan fingerprint density at radius 3 is 2.29 bits per heavy atom. The lowest BCUT2D eigenvalue weighted by molar-refractivity contribution is -0.139. The van der Waals surface area contributed by atoms with E-state index in [0.717, 1.165) is 12.8 Å². The molecule has 0 unspecified atom stereocenters. The minimum atomic E-state index is -0.733. The van der Waals surface area contributed by atoms with Gasteiger partial charge in [-0.15, -0.1) is 0 Å². The first-order valence-electron chi connectivity index (χ1n) is 7.10. The standard InChI is InChI=1S/C14H25NO2/c1-11(13(16)17)15-12-5-9-14(10-6-12)7-3-2-4-8-14/h11-12,15H,2-10H2,1H3,(H,16,17)/t11-/m1/s1. The molecule has 98 valence electrons. The summed E-state index contributed by atoms with van der Waals surface area (Å²) in [5, 5.41) is 12.1. The number of nitrogens with one attached hydrogen (secondary N) is 1. The van der Waals surface area contributed by atoms with E-state index in [4.69, 9.17) is 5.11 Å². The molecule has 2 aliphatic rings. The number of carbonyl (C=O) groups is 1. The number of hydrogen-bond acceptors (Lipinski definition) is 2. The van der Waals surface area contributed by atoms with Crippen molar-refractivity contribution in [2.24, 2.45) is 5.41 Å². The van der Waals surface area contributed by atoms with Crippen LogP contribution >= 0.6 is 0 Å². The summed E-state index contributed by atoms with van der Waals surface area (Å²) in [7, 11) is 0. The second-order valence-corrected chi connectivity index (χ2v) is 6.06. The molecule has 0 heterocycles. The maximum Gasteiger partial charge on any atom is 0.320 e. The van der Waals surface area contributed by atoms with E-state index in [2.05, 4.69) is 5.32 Å². The van der Waals surface area contributed by atoms with Crippen molar-refractivity contribution in [2.75, 3.05) is 0 Å². The van der Waals surface area contributed by atoms with Crippen LogP contribution in [0.2, 0.25) is 0 Å². The molecule has 17 heavy (non-hydrogen) atoms. The summed E-state index contributed by atoms with van der Waals surface area (Å²) in [6.45, 7) is 1.74. The highest BCUT2D eigenvalue weighted by atomic mass is 16.4. The van der Waals surface area contributed by atoms with Crippen LogP contribution in [0.3, 0.4) is 0 Å². The number of carboxylic acids is 1. The molecule has 0 radical (unpaired) electrons. The first-order chi connectivity index (χ1) is 8.11. The average Bonchev–Trinajstić information content (AvgIpc) is 2.33. The summed E-state index contributed by atoms with van der Waals surface area (Å²) < 4.78 is 0. The van der Waals surface area contributed by atoms with Crippen LogP contribution in [0.4, 0.5) is 0 Å². The lowest BCUT2D eigenvalue weighted by Crippen LogP contribution is -2.45. The Morgan fingerprint density at radius 2 is 1.76 bits per heavy atom. The summed E-state index contributed by atoms with van der Waals surface area (Å²) >= 11 is 0. The highest BCUT2D eigenvalue weighted by Gasteiger charge is 2.36. The van der Waals surface area contributed by atoms with Gasteiger partial charge in [-0.1, -0.05) is 19.3 Å². The molecular formula is C14H25NO2. The zero-order valence-electron chi connectivity index (χ0n) is 10.9. The third-order valence-corrected chi connectivity index (χ3v) is 4.82. The van der Waals surface area contributed by atoms with Crippen molar-refractivity contribution in [1.29, 1.82) is 0 Å². The maximum absolute atomic E-state index is 10.8. The summed E-state index contributed by atoms with van der Waals surface area (Å²) in [5.74, 6) is -0.733. The molecule has 2 rings (SSSR count). The maximum atomic E-state index is 10.8. The van der Waals surface area contributed by atoms with Crippen LogP contribution in [-0.2, 0) is 4.79 Å². The Hall–Kier alpha value is -0.570. The molecule has 0 aromatic rings. The van der Waals surface area contributed by atoms with E-state index < -0.39 is 12.0 Å². The van der Waals surface area contributed by atoms with Crippen molar-refractivity contribution in [3.63, 3.8) is 0 Å². The Kier molecular flexibility index (Phi) is 4.08. The molecule has 2 saturated carbocycles. The Morgan fingerprint density at radius 1 is 1.18 bits per heavy atom. The SMILES string of the molecule is C[C@@H](NC1CCC2(CCCCC2)CC1)C(=O)O. The van der Waals surface area contributed by atoms with Gasteiger partial charge in [0.1, 0.15) is 6.04 Å². The number of carboxylic acid groups (broad SMARTS) is 1. The second kappa shape index (κ2) is 5.38. The minimum absolute atomic E-state index is 0.402. The molecule has 3 heteroatoms. The fraction of sp³-hybridized carbons (Fsp3) is 0.929. The quantitative estimate of drug-likeness (QED) is 0.796. The highest BCUT2D eigenvalue weighted by Crippen LogP contribution is 2.47. The van der Waals surface area contributed by atoms with Gasteiger partial charge in [-0.05, 0) is 50.9 Å². The predicted octanol–water partition coefficient (Wildman–Crippen LogP) is 2.94. The molecule has 0 aromatic heterocycles. The molecule has 2 aliphatic carbocycles. The van der Waals surface area contributed by atoms with Crippen LogP contribution < -0.4 is 5.32 Å². The number of hydrogen-bond donors (Lipinski definition) is 2. The van der Waals surface area contributed by atoms with Gasteiger partial charge in [0, 0.05) is 6.04 Å². The molecular weight excluding hydrogens is 214 g/mol. The monoisotopic (exact) mass is 239 g/mol. The minimum Gasteiger partial charge on any atom is -0.480 e. The Bertz CT molecular complexity index is 261. The van der Waals surface area contributed by atoms with E-state index in [0.29, 0.717) is 11.5 Å². The van der Waals surface area contributed by atoms with E-state index in [-0.39, 0.29) is 0 Å². The van der Waals surface area contributed by atoms with Gasteiger partial charge >= 0.3 is 5.97 Å². The molecule has 0 aliphatic heterocycles. The van der Waals surface area contributed by atoms with Crippen molar-refractivity contribution >= 4 is 5.97 Å². The zero-order valence-corrected chi connectivity index (χ0v) is 10.9. The predicted molar refractivity (Wildman–Crippen MR) is 68.0 cm³/mol. The summed E-state index contributed by atoms with van der Waals surface area (Å²) in [4.78, 5) is 10.8. The average molecular weight is 239 g/mol. The van der Waals surface area contributed by atoms with E-state index in [1.807, 2.05) is 0 Å². The molecule has 0 bridgehead atoms. The molecule has 2 fully saturated rings. The molecule has 3 nitrogen and oxygen atoms in total. The van der Waals surface area contributed by atoms with E-state index >= 15 is 0 Å². The molecule has 0 amide bonds. The fourth-order valence-electron chi connectivity index (χ4n) is 3.62. The first kappa shape index (κ1) is 12.9. The van der Waals surface area contributed by atoms with Gasteiger partial charge in [0.25, 0.3) is 0 Å². The second-order valence-electron chi connectivity index (χ2n) is 6.06. The third-order valence-electron chi connectivity index (χ3n) is 4.82. The summed E-state index contributed by atoms with van der Waals surface area (Å²) in [6, 6.07) is 0.0223. The van der Waals surface area contributed by atoms with Gasteiger partial charge in [0.15, 0.2) is 0 Å². The topological polar surface area (TPSA) is 49.3 Å². The molecule has 2 N–H and O–H groups in total. The van der Waals surface area contributed by atoms with Gasteiger partial charge < -0.3 is 10.4 Å². The number of aliphatic carboxylic acids is 1. The van der Waals surface area contributed by atoms with Crippen molar-refractivity contribution in [2.45, 2.75) is 76.8 Å². The van der Waals surface area contributed by atoms with Crippen molar-refractivity contribution in [1.82, 2.24) is 5.32 Å². The number of rotatable bonds is 3.